The van der Waals surface area contributed by atoms with E-state index in [-0.39, 0.29) is 5.75 Å². The molecule has 100 valence electrons. The zero-order valence-electron chi connectivity index (χ0n) is 10.9. The van der Waals surface area contributed by atoms with Gasteiger partial charge in [-0.3, -0.25) is 0 Å². The summed E-state index contributed by atoms with van der Waals surface area (Å²) in [6.45, 7) is 2.19. The Morgan fingerprint density at radius 2 is 2.00 bits per heavy atom. The van der Waals surface area contributed by atoms with Gasteiger partial charge < -0.3 is 5.32 Å². The molecule has 1 saturated heterocycles. The first-order valence-electron chi connectivity index (χ1n) is 6.52. The molecule has 18 heavy (non-hydrogen) atoms. The van der Waals surface area contributed by atoms with E-state index in [1.165, 1.54) is 24.7 Å². The average molecular weight is 267 g/mol. The summed E-state index contributed by atoms with van der Waals surface area (Å²) in [4.78, 5) is 0. The van der Waals surface area contributed by atoms with Crippen LogP contribution in [-0.4, -0.2) is 33.5 Å². The molecule has 1 heterocycles. The number of aryl methyl sites for hydroxylation is 1. The highest BCUT2D eigenvalue weighted by Gasteiger charge is 2.14. The zero-order valence-corrected chi connectivity index (χ0v) is 11.7. The van der Waals surface area contributed by atoms with Crippen LogP contribution in [0, 0.1) is 0 Å². The van der Waals surface area contributed by atoms with Crippen molar-refractivity contribution in [1.82, 2.24) is 5.32 Å². The van der Waals surface area contributed by atoms with Crippen LogP contribution in [0.3, 0.4) is 0 Å². The smallest absolute Gasteiger partial charge is 0.147 e. The molecule has 0 amide bonds. The van der Waals surface area contributed by atoms with Crippen molar-refractivity contribution in [3.63, 3.8) is 0 Å². The van der Waals surface area contributed by atoms with Gasteiger partial charge in [-0.15, -0.1) is 0 Å². The minimum absolute atomic E-state index is 0.233. The minimum atomic E-state index is -2.86. The second kappa shape index (κ2) is 5.85. The molecular formula is C14H21NO2S. The van der Waals surface area contributed by atoms with Crippen molar-refractivity contribution in [1.29, 1.82) is 0 Å². The molecular weight excluding hydrogens is 246 g/mol. The molecule has 1 aliphatic heterocycles. The SMILES string of the molecule is CS(=O)(=O)CCc1ccc(C2CCCNC2)cc1. The van der Waals surface area contributed by atoms with Crippen molar-refractivity contribution in [2.75, 3.05) is 25.1 Å². The highest BCUT2D eigenvalue weighted by Crippen LogP contribution is 2.23. The number of hydrogen-bond acceptors (Lipinski definition) is 3. The molecule has 1 aromatic carbocycles. The van der Waals surface area contributed by atoms with Crippen LogP contribution >= 0.6 is 0 Å². The first-order valence-corrected chi connectivity index (χ1v) is 8.58. The van der Waals surface area contributed by atoms with Gasteiger partial charge in [-0.05, 0) is 42.9 Å². The Morgan fingerprint density at radius 3 is 2.56 bits per heavy atom. The normalized spacial score (nSPS) is 20.8. The Morgan fingerprint density at radius 1 is 1.28 bits per heavy atom. The molecule has 0 radical (unpaired) electrons. The number of piperidine rings is 1. The summed E-state index contributed by atoms with van der Waals surface area (Å²) in [6, 6.07) is 8.43. The Kier molecular flexibility index (Phi) is 4.40. The summed E-state index contributed by atoms with van der Waals surface area (Å²) >= 11 is 0. The number of nitrogens with one attached hydrogen (secondary N) is 1. The van der Waals surface area contributed by atoms with Crippen LogP contribution in [-0.2, 0) is 16.3 Å². The quantitative estimate of drug-likeness (QED) is 0.904. The fraction of sp³-hybridized carbons (Fsp3) is 0.571. The maximum atomic E-state index is 11.1. The second-order valence-corrected chi connectivity index (χ2v) is 7.42. The molecule has 1 aliphatic rings. The lowest BCUT2D eigenvalue weighted by Crippen LogP contribution is -2.28. The maximum absolute atomic E-state index is 11.1. The van der Waals surface area contributed by atoms with Gasteiger partial charge >= 0.3 is 0 Å². The number of rotatable bonds is 4. The van der Waals surface area contributed by atoms with Gasteiger partial charge in [-0.25, -0.2) is 8.42 Å². The average Bonchev–Trinajstić information content (AvgIpc) is 2.37. The summed E-state index contributed by atoms with van der Waals surface area (Å²) in [5, 5.41) is 3.41. The van der Waals surface area contributed by atoms with E-state index in [9.17, 15) is 8.42 Å². The van der Waals surface area contributed by atoms with E-state index in [1.807, 2.05) is 0 Å². The van der Waals surface area contributed by atoms with Crippen molar-refractivity contribution in [2.24, 2.45) is 0 Å². The molecule has 1 fully saturated rings. The van der Waals surface area contributed by atoms with Gasteiger partial charge in [0.1, 0.15) is 9.84 Å². The molecule has 1 unspecified atom stereocenters. The van der Waals surface area contributed by atoms with Crippen molar-refractivity contribution in [3.05, 3.63) is 35.4 Å². The molecule has 0 aromatic heterocycles. The van der Waals surface area contributed by atoms with E-state index < -0.39 is 9.84 Å². The molecule has 0 spiro atoms. The van der Waals surface area contributed by atoms with E-state index in [4.69, 9.17) is 0 Å². The largest absolute Gasteiger partial charge is 0.316 e. The molecule has 2 rings (SSSR count). The van der Waals surface area contributed by atoms with Gasteiger partial charge in [-0.2, -0.15) is 0 Å². The molecule has 0 saturated carbocycles. The molecule has 3 nitrogen and oxygen atoms in total. The molecule has 1 atom stereocenters. The van der Waals surface area contributed by atoms with Crippen LogP contribution in [0.2, 0.25) is 0 Å². The van der Waals surface area contributed by atoms with Gasteiger partial charge in [0.25, 0.3) is 0 Å². The Balaban J connectivity index is 1.96. The highest BCUT2D eigenvalue weighted by atomic mass is 32.2. The number of sulfone groups is 1. The van der Waals surface area contributed by atoms with E-state index in [0.29, 0.717) is 12.3 Å². The van der Waals surface area contributed by atoms with E-state index in [2.05, 4.69) is 29.6 Å². The van der Waals surface area contributed by atoms with Gasteiger partial charge in [0.05, 0.1) is 5.75 Å². The lowest BCUT2D eigenvalue weighted by Gasteiger charge is -2.23. The van der Waals surface area contributed by atoms with Crippen molar-refractivity contribution in [3.8, 4) is 0 Å². The summed E-state index contributed by atoms with van der Waals surface area (Å²) in [5.41, 5.74) is 2.47. The fourth-order valence-corrected chi connectivity index (χ4v) is 3.00. The van der Waals surface area contributed by atoms with Gasteiger partial charge in [-0.1, -0.05) is 24.3 Å². The Labute approximate surface area is 110 Å². The van der Waals surface area contributed by atoms with Crippen LogP contribution in [0.1, 0.15) is 29.9 Å². The second-order valence-electron chi connectivity index (χ2n) is 5.16. The third kappa shape index (κ3) is 4.10. The predicted octanol–water partition coefficient (Wildman–Crippen LogP) is 1.74. The zero-order chi connectivity index (χ0) is 13.0. The summed E-state index contributed by atoms with van der Waals surface area (Å²) in [7, 11) is -2.86. The van der Waals surface area contributed by atoms with E-state index in [1.54, 1.807) is 0 Å². The summed E-state index contributed by atoms with van der Waals surface area (Å²) in [6.07, 6.45) is 4.38. The van der Waals surface area contributed by atoms with Crippen molar-refractivity contribution < 1.29 is 8.42 Å². The first kappa shape index (κ1) is 13.6. The monoisotopic (exact) mass is 267 g/mol. The van der Waals surface area contributed by atoms with Gasteiger partial charge in [0, 0.05) is 12.8 Å². The topological polar surface area (TPSA) is 46.2 Å². The van der Waals surface area contributed by atoms with Gasteiger partial charge in [0.2, 0.25) is 0 Å². The number of benzene rings is 1. The maximum Gasteiger partial charge on any atom is 0.147 e. The molecule has 4 heteroatoms. The molecule has 0 bridgehead atoms. The first-order chi connectivity index (χ1) is 8.54. The fourth-order valence-electron chi connectivity index (χ4n) is 2.40. The lowest BCUT2D eigenvalue weighted by molar-refractivity contribution is 0.461. The van der Waals surface area contributed by atoms with Crippen LogP contribution in [0.5, 0.6) is 0 Å². The van der Waals surface area contributed by atoms with Crippen molar-refractivity contribution >= 4 is 9.84 Å². The van der Waals surface area contributed by atoms with Crippen molar-refractivity contribution in [2.45, 2.75) is 25.2 Å². The third-order valence-corrected chi connectivity index (χ3v) is 4.46. The number of hydrogen-bond donors (Lipinski definition) is 1. The predicted molar refractivity (Wildman–Crippen MR) is 74.7 cm³/mol. The summed E-state index contributed by atoms with van der Waals surface area (Å²) in [5.74, 6) is 0.847. The Hall–Kier alpha value is -0.870. The van der Waals surface area contributed by atoms with Crippen LogP contribution < -0.4 is 5.32 Å². The standard InChI is InChI=1S/C14H21NO2S/c1-18(16,17)10-8-12-4-6-13(7-5-12)14-3-2-9-15-11-14/h4-7,14-15H,2-3,8-11H2,1H3. The lowest BCUT2D eigenvalue weighted by atomic mass is 9.91. The minimum Gasteiger partial charge on any atom is -0.316 e. The van der Waals surface area contributed by atoms with Crippen LogP contribution in [0.25, 0.3) is 0 Å². The van der Waals surface area contributed by atoms with Gasteiger partial charge in [0.15, 0.2) is 0 Å². The van der Waals surface area contributed by atoms with Crippen LogP contribution in [0.4, 0.5) is 0 Å². The highest BCUT2D eigenvalue weighted by molar-refractivity contribution is 7.90. The molecule has 0 aliphatic carbocycles. The van der Waals surface area contributed by atoms with E-state index in [0.717, 1.165) is 18.7 Å². The Bertz CT molecular complexity index is 473. The molecule has 1 N–H and O–H groups in total. The third-order valence-electron chi connectivity index (χ3n) is 3.51. The van der Waals surface area contributed by atoms with E-state index >= 15 is 0 Å². The summed E-state index contributed by atoms with van der Waals surface area (Å²) < 4.78 is 22.2. The molecule has 1 aromatic rings. The van der Waals surface area contributed by atoms with Crippen LogP contribution in [0.15, 0.2) is 24.3 Å².